The number of carbonyl (C=O) groups is 1. The first kappa shape index (κ1) is 16.6. The summed E-state index contributed by atoms with van der Waals surface area (Å²) < 4.78 is 0. The molecule has 118 valence electrons. The second kappa shape index (κ2) is 7.46. The summed E-state index contributed by atoms with van der Waals surface area (Å²) in [7, 11) is 0. The second-order valence-corrected chi connectivity index (χ2v) is 5.82. The summed E-state index contributed by atoms with van der Waals surface area (Å²) in [4.78, 5) is 12.3. The Kier molecular flexibility index (Phi) is 5.37. The molecule has 4 nitrogen and oxygen atoms in total. The first-order valence-electron chi connectivity index (χ1n) is 7.67. The fourth-order valence-corrected chi connectivity index (χ4v) is 2.18. The van der Waals surface area contributed by atoms with Crippen LogP contribution in [0.25, 0.3) is 0 Å². The van der Waals surface area contributed by atoms with Crippen molar-refractivity contribution in [1.29, 1.82) is 5.26 Å². The molecular formula is C19H21N3O. The zero-order valence-electron chi connectivity index (χ0n) is 13.6. The molecule has 0 aliphatic heterocycles. The molecule has 0 radical (unpaired) electrons. The number of carbonyl (C=O) groups excluding carboxylic acids is 1. The average molecular weight is 307 g/mol. The van der Waals surface area contributed by atoms with Crippen molar-refractivity contribution < 1.29 is 4.79 Å². The van der Waals surface area contributed by atoms with Crippen molar-refractivity contribution in [1.82, 2.24) is 0 Å². The van der Waals surface area contributed by atoms with E-state index in [4.69, 9.17) is 5.26 Å². The SMILES string of the molecule is CC(C)c1cccc(N[C@H](C)C(=O)Nc2ccc(C#N)cc2)c1. The van der Waals surface area contributed by atoms with Crippen LogP contribution < -0.4 is 10.6 Å². The van der Waals surface area contributed by atoms with E-state index in [9.17, 15) is 4.79 Å². The van der Waals surface area contributed by atoms with Crippen LogP contribution in [0.15, 0.2) is 48.5 Å². The summed E-state index contributed by atoms with van der Waals surface area (Å²) in [6.45, 7) is 6.10. The Morgan fingerprint density at radius 3 is 2.35 bits per heavy atom. The van der Waals surface area contributed by atoms with Crippen molar-refractivity contribution in [3.63, 3.8) is 0 Å². The van der Waals surface area contributed by atoms with Gasteiger partial charge in [0.25, 0.3) is 0 Å². The predicted molar refractivity (Wildman–Crippen MR) is 93.4 cm³/mol. The highest BCUT2D eigenvalue weighted by atomic mass is 16.2. The van der Waals surface area contributed by atoms with E-state index in [-0.39, 0.29) is 11.9 Å². The molecule has 2 N–H and O–H groups in total. The third kappa shape index (κ3) is 4.58. The summed E-state index contributed by atoms with van der Waals surface area (Å²) in [6, 6.07) is 16.6. The van der Waals surface area contributed by atoms with Crippen molar-refractivity contribution >= 4 is 17.3 Å². The Balaban J connectivity index is 1.99. The molecule has 23 heavy (non-hydrogen) atoms. The maximum absolute atomic E-state index is 12.3. The zero-order chi connectivity index (χ0) is 16.8. The van der Waals surface area contributed by atoms with E-state index < -0.39 is 0 Å². The van der Waals surface area contributed by atoms with Gasteiger partial charge >= 0.3 is 0 Å². The number of nitrogens with zero attached hydrogens (tertiary/aromatic N) is 1. The summed E-state index contributed by atoms with van der Waals surface area (Å²) in [6.07, 6.45) is 0. The number of rotatable bonds is 5. The van der Waals surface area contributed by atoms with Crippen LogP contribution in [0, 0.1) is 11.3 Å². The first-order chi connectivity index (χ1) is 11.0. The van der Waals surface area contributed by atoms with Gasteiger partial charge < -0.3 is 10.6 Å². The Bertz CT molecular complexity index is 714. The van der Waals surface area contributed by atoms with Gasteiger partial charge in [0.05, 0.1) is 11.6 Å². The maximum Gasteiger partial charge on any atom is 0.246 e. The minimum Gasteiger partial charge on any atom is -0.374 e. The zero-order valence-corrected chi connectivity index (χ0v) is 13.6. The van der Waals surface area contributed by atoms with Crippen LogP contribution in [-0.4, -0.2) is 11.9 Å². The van der Waals surface area contributed by atoms with Gasteiger partial charge in [0.2, 0.25) is 5.91 Å². The highest BCUT2D eigenvalue weighted by Crippen LogP contribution is 2.19. The van der Waals surface area contributed by atoms with E-state index in [1.807, 2.05) is 19.1 Å². The van der Waals surface area contributed by atoms with Gasteiger partial charge in [-0.25, -0.2) is 0 Å². The van der Waals surface area contributed by atoms with Gasteiger partial charge in [-0.15, -0.1) is 0 Å². The quantitative estimate of drug-likeness (QED) is 0.873. The van der Waals surface area contributed by atoms with Gasteiger partial charge in [0.15, 0.2) is 0 Å². The molecule has 0 aliphatic carbocycles. The van der Waals surface area contributed by atoms with Gasteiger partial charge in [-0.3, -0.25) is 4.79 Å². The van der Waals surface area contributed by atoms with Gasteiger partial charge in [0.1, 0.15) is 6.04 Å². The van der Waals surface area contributed by atoms with E-state index in [1.54, 1.807) is 24.3 Å². The molecule has 0 spiro atoms. The topological polar surface area (TPSA) is 64.9 Å². The van der Waals surface area contributed by atoms with E-state index in [0.717, 1.165) is 5.69 Å². The standard InChI is InChI=1S/C19H21N3O/c1-13(2)16-5-4-6-18(11-16)21-14(3)19(23)22-17-9-7-15(12-20)8-10-17/h4-11,13-14,21H,1-3H3,(H,22,23)/t14-/m1/s1. The highest BCUT2D eigenvalue weighted by Gasteiger charge is 2.13. The van der Waals surface area contributed by atoms with Crippen LogP contribution in [0.5, 0.6) is 0 Å². The van der Waals surface area contributed by atoms with E-state index >= 15 is 0 Å². The summed E-state index contributed by atoms with van der Waals surface area (Å²) in [5, 5.41) is 14.8. The molecule has 0 saturated carbocycles. The van der Waals surface area contributed by atoms with Gasteiger partial charge in [-0.1, -0.05) is 26.0 Å². The van der Waals surface area contributed by atoms with Crippen LogP contribution >= 0.6 is 0 Å². The molecule has 0 saturated heterocycles. The second-order valence-electron chi connectivity index (χ2n) is 5.82. The summed E-state index contributed by atoms with van der Waals surface area (Å²) in [5.41, 5.74) is 3.41. The molecule has 0 fully saturated rings. The number of hydrogen-bond acceptors (Lipinski definition) is 3. The number of amides is 1. The summed E-state index contributed by atoms with van der Waals surface area (Å²) in [5.74, 6) is 0.323. The lowest BCUT2D eigenvalue weighted by molar-refractivity contribution is -0.116. The van der Waals surface area contributed by atoms with Crippen molar-refractivity contribution in [3.05, 3.63) is 59.7 Å². The molecule has 0 heterocycles. The Hall–Kier alpha value is -2.80. The Morgan fingerprint density at radius 2 is 1.74 bits per heavy atom. The molecule has 0 bridgehead atoms. The van der Waals surface area contributed by atoms with Crippen molar-refractivity contribution in [2.24, 2.45) is 0 Å². The van der Waals surface area contributed by atoms with Gasteiger partial charge in [-0.05, 0) is 54.8 Å². The molecular weight excluding hydrogens is 286 g/mol. The van der Waals surface area contributed by atoms with E-state index in [1.165, 1.54) is 5.56 Å². The van der Waals surface area contributed by atoms with E-state index in [2.05, 4.69) is 42.7 Å². The van der Waals surface area contributed by atoms with Crippen molar-refractivity contribution in [3.8, 4) is 6.07 Å². The fourth-order valence-electron chi connectivity index (χ4n) is 2.18. The highest BCUT2D eigenvalue weighted by molar-refractivity contribution is 5.96. The lowest BCUT2D eigenvalue weighted by atomic mass is 10.0. The minimum atomic E-state index is -0.368. The molecule has 0 aromatic heterocycles. The molecule has 2 rings (SSSR count). The number of benzene rings is 2. The lowest BCUT2D eigenvalue weighted by Gasteiger charge is -2.16. The minimum absolute atomic E-state index is 0.121. The molecule has 2 aromatic rings. The van der Waals surface area contributed by atoms with Crippen LogP contribution in [-0.2, 0) is 4.79 Å². The molecule has 1 amide bonds. The fraction of sp³-hybridized carbons (Fsp3) is 0.263. The van der Waals surface area contributed by atoms with Crippen molar-refractivity contribution in [2.45, 2.75) is 32.7 Å². The van der Waals surface area contributed by atoms with Gasteiger partial charge in [0, 0.05) is 11.4 Å². The van der Waals surface area contributed by atoms with Crippen molar-refractivity contribution in [2.75, 3.05) is 10.6 Å². The third-order valence-electron chi connectivity index (χ3n) is 3.61. The van der Waals surface area contributed by atoms with E-state index in [0.29, 0.717) is 17.2 Å². The molecule has 0 aliphatic rings. The molecule has 0 unspecified atom stereocenters. The monoisotopic (exact) mass is 307 g/mol. The number of nitrogens with one attached hydrogen (secondary N) is 2. The number of nitriles is 1. The largest absolute Gasteiger partial charge is 0.374 e. The first-order valence-corrected chi connectivity index (χ1v) is 7.67. The number of hydrogen-bond donors (Lipinski definition) is 2. The Labute approximate surface area is 137 Å². The smallest absolute Gasteiger partial charge is 0.246 e. The lowest BCUT2D eigenvalue weighted by Crippen LogP contribution is -2.31. The number of anilines is 2. The normalized spacial score (nSPS) is 11.6. The van der Waals surface area contributed by atoms with Crippen LogP contribution in [0.3, 0.4) is 0 Å². The van der Waals surface area contributed by atoms with Gasteiger partial charge in [-0.2, -0.15) is 5.26 Å². The maximum atomic E-state index is 12.3. The third-order valence-corrected chi connectivity index (χ3v) is 3.61. The van der Waals surface area contributed by atoms with Crippen LogP contribution in [0.2, 0.25) is 0 Å². The summed E-state index contributed by atoms with van der Waals surface area (Å²) >= 11 is 0. The van der Waals surface area contributed by atoms with Crippen LogP contribution in [0.1, 0.15) is 37.8 Å². The average Bonchev–Trinajstić information content (AvgIpc) is 2.55. The molecule has 2 aromatic carbocycles. The Morgan fingerprint density at radius 1 is 1.04 bits per heavy atom. The van der Waals surface area contributed by atoms with Crippen LogP contribution in [0.4, 0.5) is 11.4 Å². The molecule has 4 heteroatoms. The molecule has 1 atom stereocenters. The predicted octanol–water partition coefficient (Wildman–Crippen LogP) is 4.12.